The SMILES string of the molecule is CC(C)(C)OC(=O)NC[C@H]1CC[C@H](Nc2c(C(=O)C3CC3)cnc3ccc(-c4cc(F)c(O)c(Cl)c4)cc23)CC1. The molecule has 1 aromatic heterocycles. The van der Waals surface area contributed by atoms with Gasteiger partial charge in [-0.1, -0.05) is 17.7 Å². The van der Waals surface area contributed by atoms with Gasteiger partial charge in [0.05, 0.1) is 21.8 Å². The smallest absolute Gasteiger partial charge is 0.407 e. The van der Waals surface area contributed by atoms with Crippen LogP contribution in [0.1, 0.15) is 69.7 Å². The quantitative estimate of drug-likeness (QED) is 0.256. The summed E-state index contributed by atoms with van der Waals surface area (Å²) in [7, 11) is 0. The second-order valence-electron chi connectivity index (χ2n) is 12.0. The van der Waals surface area contributed by atoms with Crippen molar-refractivity contribution in [2.24, 2.45) is 11.8 Å². The van der Waals surface area contributed by atoms with Gasteiger partial charge in [-0.25, -0.2) is 9.18 Å². The standard InChI is InChI=1S/C31H35ClFN3O4/c1-31(2,3)40-30(39)35-15-17-4-9-21(10-5-17)36-27-22-12-19(20-13-24(32)29(38)25(33)14-20)8-11-26(22)34-16-23(27)28(37)18-6-7-18/h8,11-14,16-18,21,38H,4-7,9-10,15H2,1-3H3,(H,34,36)(H,35,39)/t17-,21-. The second kappa shape index (κ2) is 11.2. The molecule has 0 bridgehead atoms. The maximum Gasteiger partial charge on any atom is 0.407 e. The first-order valence-electron chi connectivity index (χ1n) is 13.9. The molecule has 0 spiro atoms. The van der Waals surface area contributed by atoms with E-state index in [1.807, 2.05) is 39.0 Å². The molecule has 3 N–H and O–H groups in total. The van der Waals surface area contributed by atoms with E-state index in [1.165, 1.54) is 12.1 Å². The molecule has 0 atom stereocenters. The molecule has 9 heteroatoms. The number of aromatic nitrogens is 1. The predicted octanol–water partition coefficient (Wildman–Crippen LogP) is 7.49. The van der Waals surface area contributed by atoms with E-state index >= 15 is 0 Å². The maximum absolute atomic E-state index is 14.3. The highest BCUT2D eigenvalue weighted by Gasteiger charge is 2.33. The molecule has 5 rings (SSSR count). The number of phenolic OH excluding ortho intramolecular Hbond substituents is 1. The third-order valence-electron chi connectivity index (χ3n) is 7.56. The number of carbonyl (C=O) groups excluding carboxylic acids is 2. The van der Waals surface area contributed by atoms with Gasteiger partial charge in [0.2, 0.25) is 0 Å². The van der Waals surface area contributed by atoms with Crippen LogP contribution in [0.25, 0.3) is 22.0 Å². The summed E-state index contributed by atoms with van der Waals surface area (Å²) in [5, 5.41) is 17.0. The highest BCUT2D eigenvalue weighted by atomic mass is 35.5. The number of Topliss-reactive ketones (excluding diaryl/α,β-unsaturated/α-hetero) is 1. The van der Waals surface area contributed by atoms with E-state index in [0.29, 0.717) is 29.2 Å². The fraction of sp³-hybridized carbons (Fsp3) is 0.452. The summed E-state index contributed by atoms with van der Waals surface area (Å²) in [5.41, 5.74) is 2.74. The topological polar surface area (TPSA) is 101 Å². The van der Waals surface area contributed by atoms with Crippen LogP contribution in [-0.4, -0.2) is 40.2 Å². The van der Waals surface area contributed by atoms with Gasteiger partial charge in [-0.15, -0.1) is 0 Å². The minimum absolute atomic E-state index is 0.0302. The number of hydrogen-bond acceptors (Lipinski definition) is 6. The van der Waals surface area contributed by atoms with Gasteiger partial charge in [-0.3, -0.25) is 9.78 Å². The first kappa shape index (κ1) is 28.1. The molecule has 1 amide bonds. The zero-order chi connectivity index (χ0) is 28.6. The van der Waals surface area contributed by atoms with E-state index in [0.717, 1.165) is 55.1 Å². The molecule has 2 aromatic carbocycles. The number of nitrogens with zero attached hydrogens (tertiary/aromatic N) is 1. The molecule has 7 nitrogen and oxygen atoms in total. The van der Waals surface area contributed by atoms with Crippen LogP contribution in [0, 0.1) is 17.7 Å². The number of ketones is 1. The Morgan fingerprint density at radius 1 is 1.07 bits per heavy atom. The Balaban J connectivity index is 1.37. The molecule has 2 aliphatic rings. The third kappa shape index (κ3) is 6.49. The summed E-state index contributed by atoms with van der Waals surface area (Å²) >= 11 is 6.05. The number of anilines is 1. The number of hydrogen-bond donors (Lipinski definition) is 3. The average molecular weight is 568 g/mol. The maximum atomic E-state index is 14.3. The van der Waals surface area contributed by atoms with E-state index in [4.69, 9.17) is 16.3 Å². The van der Waals surface area contributed by atoms with Gasteiger partial charge < -0.3 is 20.5 Å². The molecular weight excluding hydrogens is 533 g/mol. The predicted molar refractivity (Wildman–Crippen MR) is 154 cm³/mol. The summed E-state index contributed by atoms with van der Waals surface area (Å²) in [5.74, 6) is -0.897. The molecule has 2 fully saturated rings. The Bertz CT molecular complexity index is 1420. The Morgan fingerprint density at radius 2 is 1.80 bits per heavy atom. The summed E-state index contributed by atoms with van der Waals surface area (Å²) in [4.78, 5) is 29.9. The number of benzene rings is 2. The Morgan fingerprint density at radius 3 is 2.45 bits per heavy atom. The Kier molecular flexibility index (Phi) is 7.91. The molecule has 0 saturated heterocycles. The highest BCUT2D eigenvalue weighted by molar-refractivity contribution is 6.32. The Hall–Kier alpha value is -3.39. The van der Waals surface area contributed by atoms with Crippen molar-refractivity contribution in [3.8, 4) is 16.9 Å². The number of carbonyl (C=O) groups is 2. The molecule has 0 aliphatic heterocycles. The number of fused-ring (bicyclic) bond motifs is 1. The monoisotopic (exact) mass is 567 g/mol. The molecule has 2 aliphatic carbocycles. The second-order valence-corrected chi connectivity index (χ2v) is 12.4. The lowest BCUT2D eigenvalue weighted by atomic mass is 9.85. The van der Waals surface area contributed by atoms with Crippen molar-refractivity contribution in [1.82, 2.24) is 10.3 Å². The molecule has 0 unspecified atom stereocenters. The van der Waals surface area contributed by atoms with Crippen LogP contribution in [0.2, 0.25) is 5.02 Å². The van der Waals surface area contributed by atoms with Crippen molar-refractivity contribution in [1.29, 1.82) is 0 Å². The van der Waals surface area contributed by atoms with Crippen LogP contribution in [0.4, 0.5) is 14.9 Å². The fourth-order valence-electron chi connectivity index (χ4n) is 5.27. The lowest BCUT2D eigenvalue weighted by molar-refractivity contribution is 0.0515. The largest absolute Gasteiger partial charge is 0.504 e. The molecule has 2 saturated carbocycles. The fourth-order valence-corrected chi connectivity index (χ4v) is 5.48. The van der Waals surface area contributed by atoms with E-state index in [2.05, 4.69) is 15.6 Å². The molecule has 0 radical (unpaired) electrons. The average Bonchev–Trinajstić information content (AvgIpc) is 3.75. The number of halogens is 2. The number of alkyl carbamates (subject to hydrolysis) is 1. The van der Waals surface area contributed by atoms with Gasteiger partial charge in [-0.05, 0) is 101 Å². The van der Waals surface area contributed by atoms with Crippen LogP contribution in [0.15, 0.2) is 36.5 Å². The van der Waals surface area contributed by atoms with Crippen LogP contribution in [-0.2, 0) is 4.74 Å². The van der Waals surface area contributed by atoms with Gasteiger partial charge in [0.15, 0.2) is 17.3 Å². The van der Waals surface area contributed by atoms with Crippen molar-refractivity contribution in [3.63, 3.8) is 0 Å². The van der Waals surface area contributed by atoms with Gasteiger partial charge in [0, 0.05) is 30.1 Å². The van der Waals surface area contributed by atoms with Crippen LogP contribution in [0.3, 0.4) is 0 Å². The number of pyridine rings is 1. The molecule has 3 aromatic rings. The molecule has 212 valence electrons. The Labute approximate surface area is 238 Å². The van der Waals surface area contributed by atoms with Crippen molar-refractivity contribution >= 4 is 40.1 Å². The van der Waals surface area contributed by atoms with Crippen molar-refractivity contribution < 1.29 is 23.8 Å². The van der Waals surface area contributed by atoms with E-state index in [-0.39, 0.29) is 22.8 Å². The first-order valence-corrected chi connectivity index (χ1v) is 14.2. The summed E-state index contributed by atoms with van der Waals surface area (Å²) in [6.45, 7) is 6.10. The number of phenols is 1. The zero-order valence-corrected chi connectivity index (χ0v) is 23.8. The van der Waals surface area contributed by atoms with Gasteiger partial charge in [-0.2, -0.15) is 0 Å². The van der Waals surface area contributed by atoms with Gasteiger partial charge in [0.1, 0.15) is 5.60 Å². The number of aromatic hydroxyl groups is 1. The molecule has 1 heterocycles. The molecule has 40 heavy (non-hydrogen) atoms. The lowest BCUT2D eigenvalue weighted by Crippen LogP contribution is -2.37. The van der Waals surface area contributed by atoms with E-state index in [1.54, 1.807) is 6.20 Å². The number of ether oxygens (including phenoxy) is 1. The minimum Gasteiger partial charge on any atom is -0.504 e. The van der Waals surface area contributed by atoms with E-state index in [9.17, 15) is 19.1 Å². The zero-order valence-electron chi connectivity index (χ0n) is 23.0. The van der Waals surface area contributed by atoms with Crippen molar-refractivity contribution in [3.05, 3.63) is 52.9 Å². The highest BCUT2D eigenvalue weighted by Crippen LogP contribution is 2.40. The summed E-state index contributed by atoms with van der Waals surface area (Å²) in [6.07, 6.45) is 6.68. The molecular formula is C31H35ClFN3O4. The lowest BCUT2D eigenvalue weighted by Gasteiger charge is -2.31. The minimum atomic E-state index is -0.797. The van der Waals surface area contributed by atoms with Crippen molar-refractivity contribution in [2.75, 3.05) is 11.9 Å². The van der Waals surface area contributed by atoms with Crippen molar-refractivity contribution in [2.45, 2.75) is 70.9 Å². The first-order chi connectivity index (χ1) is 19.0. The van der Waals surface area contributed by atoms with Gasteiger partial charge >= 0.3 is 6.09 Å². The number of nitrogens with one attached hydrogen (secondary N) is 2. The van der Waals surface area contributed by atoms with Crippen LogP contribution in [0.5, 0.6) is 5.75 Å². The third-order valence-corrected chi connectivity index (χ3v) is 7.85. The summed E-state index contributed by atoms with van der Waals surface area (Å²) in [6, 6.07) is 8.49. The van der Waals surface area contributed by atoms with Crippen LogP contribution < -0.4 is 10.6 Å². The van der Waals surface area contributed by atoms with Gasteiger partial charge in [0.25, 0.3) is 0 Å². The normalized spacial score (nSPS) is 19.3. The van der Waals surface area contributed by atoms with E-state index < -0.39 is 23.3 Å². The van der Waals surface area contributed by atoms with Crippen LogP contribution >= 0.6 is 11.6 Å². The summed E-state index contributed by atoms with van der Waals surface area (Å²) < 4.78 is 19.6. The number of rotatable bonds is 7. The number of amides is 1.